The highest BCUT2D eigenvalue weighted by Gasteiger charge is 2.32. The molecular weight excluding hydrogens is 272 g/mol. The van der Waals surface area contributed by atoms with E-state index in [0.29, 0.717) is 19.5 Å². The number of rotatable bonds is 6. The molecule has 0 aromatic rings. The van der Waals surface area contributed by atoms with Gasteiger partial charge in [-0.2, -0.15) is 0 Å². The van der Waals surface area contributed by atoms with Crippen LogP contribution in [0.25, 0.3) is 0 Å². The molecule has 2 amide bonds. The van der Waals surface area contributed by atoms with E-state index in [1.807, 2.05) is 20.8 Å². The van der Waals surface area contributed by atoms with Gasteiger partial charge in [-0.15, -0.1) is 0 Å². The van der Waals surface area contributed by atoms with Crippen LogP contribution in [0.5, 0.6) is 0 Å². The van der Waals surface area contributed by atoms with Crippen molar-refractivity contribution in [2.75, 3.05) is 19.6 Å². The minimum Gasteiger partial charge on any atom is -0.480 e. The van der Waals surface area contributed by atoms with Crippen LogP contribution in [0.15, 0.2) is 0 Å². The van der Waals surface area contributed by atoms with Crippen LogP contribution in [0.3, 0.4) is 0 Å². The average molecular weight is 298 g/mol. The summed E-state index contributed by atoms with van der Waals surface area (Å²) >= 11 is 0. The van der Waals surface area contributed by atoms with Crippen LogP contribution < -0.4 is 0 Å². The number of likely N-dealkylation sites (tertiary alicyclic amines) is 1. The Hall–Kier alpha value is -1.59. The zero-order valence-electron chi connectivity index (χ0n) is 13.2. The molecule has 0 saturated carbocycles. The molecule has 0 aliphatic carbocycles. The molecule has 0 spiro atoms. The van der Waals surface area contributed by atoms with E-state index in [4.69, 9.17) is 5.11 Å². The summed E-state index contributed by atoms with van der Waals surface area (Å²) in [6, 6.07) is -0.157. The lowest BCUT2D eigenvalue weighted by Crippen LogP contribution is -2.49. The van der Waals surface area contributed by atoms with Gasteiger partial charge in [0.05, 0.1) is 5.92 Å². The first-order valence-electron chi connectivity index (χ1n) is 7.66. The molecule has 6 heteroatoms. The number of hydrogen-bond donors (Lipinski definition) is 1. The fraction of sp³-hybridized carbons (Fsp3) is 0.800. The van der Waals surface area contributed by atoms with E-state index in [1.54, 1.807) is 4.90 Å². The van der Waals surface area contributed by atoms with Crippen LogP contribution >= 0.6 is 0 Å². The maximum absolute atomic E-state index is 12.5. The van der Waals surface area contributed by atoms with Crippen LogP contribution in [-0.4, -0.2) is 58.4 Å². The summed E-state index contributed by atoms with van der Waals surface area (Å²) in [5, 5.41) is 8.93. The van der Waals surface area contributed by atoms with Crippen molar-refractivity contribution in [1.29, 1.82) is 0 Å². The Labute approximate surface area is 126 Å². The topological polar surface area (TPSA) is 77.9 Å². The van der Waals surface area contributed by atoms with Crippen molar-refractivity contribution >= 4 is 17.8 Å². The van der Waals surface area contributed by atoms with E-state index in [0.717, 1.165) is 19.3 Å². The second-order valence-electron chi connectivity index (χ2n) is 5.88. The van der Waals surface area contributed by atoms with Crippen molar-refractivity contribution in [3.8, 4) is 0 Å². The lowest BCUT2D eigenvalue weighted by atomic mass is 9.95. The van der Waals surface area contributed by atoms with Crippen LogP contribution in [-0.2, 0) is 14.4 Å². The predicted molar refractivity (Wildman–Crippen MR) is 78.7 cm³/mol. The Balaban J connectivity index is 2.71. The Morgan fingerprint density at radius 2 is 2.00 bits per heavy atom. The molecule has 6 nitrogen and oxygen atoms in total. The number of hydrogen-bond acceptors (Lipinski definition) is 3. The quantitative estimate of drug-likeness (QED) is 0.803. The summed E-state index contributed by atoms with van der Waals surface area (Å²) in [5.41, 5.74) is 0. The van der Waals surface area contributed by atoms with Crippen LogP contribution in [0.2, 0.25) is 0 Å². The van der Waals surface area contributed by atoms with Gasteiger partial charge in [-0.25, -0.2) is 0 Å². The maximum atomic E-state index is 12.5. The molecule has 1 atom stereocenters. The monoisotopic (exact) mass is 298 g/mol. The largest absolute Gasteiger partial charge is 0.480 e. The molecule has 1 heterocycles. The van der Waals surface area contributed by atoms with Gasteiger partial charge in [-0.05, 0) is 33.1 Å². The van der Waals surface area contributed by atoms with Gasteiger partial charge in [-0.3, -0.25) is 14.4 Å². The SMILES string of the molecule is CCCC(=O)N1CCCC(C(=O)N(CC(=O)O)C(C)C)C1. The van der Waals surface area contributed by atoms with Crippen molar-refractivity contribution in [1.82, 2.24) is 9.80 Å². The highest BCUT2D eigenvalue weighted by molar-refractivity contribution is 5.84. The number of amides is 2. The molecule has 120 valence electrons. The van der Waals surface area contributed by atoms with Gasteiger partial charge in [0.2, 0.25) is 11.8 Å². The normalized spacial score (nSPS) is 18.7. The van der Waals surface area contributed by atoms with Gasteiger partial charge in [0, 0.05) is 25.6 Å². The lowest BCUT2D eigenvalue weighted by Gasteiger charge is -2.36. The minimum absolute atomic E-state index is 0.0873. The zero-order valence-corrected chi connectivity index (χ0v) is 13.2. The highest BCUT2D eigenvalue weighted by Crippen LogP contribution is 2.20. The molecule has 1 aliphatic heterocycles. The second kappa shape index (κ2) is 8.00. The first-order valence-corrected chi connectivity index (χ1v) is 7.66. The molecule has 0 aromatic carbocycles. The number of aliphatic carboxylic acids is 1. The highest BCUT2D eigenvalue weighted by atomic mass is 16.4. The number of carbonyl (C=O) groups excluding carboxylic acids is 2. The Morgan fingerprint density at radius 1 is 1.33 bits per heavy atom. The van der Waals surface area contributed by atoms with Gasteiger partial charge in [0.25, 0.3) is 0 Å². The number of carboxylic acids is 1. The number of carboxylic acid groups (broad SMARTS) is 1. The van der Waals surface area contributed by atoms with E-state index in [9.17, 15) is 14.4 Å². The average Bonchev–Trinajstić information content (AvgIpc) is 2.44. The third-order valence-corrected chi connectivity index (χ3v) is 3.80. The molecule has 1 N–H and O–H groups in total. The van der Waals surface area contributed by atoms with Crippen molar-refractivity contribution < 1.29 is 19.5 Å². The number of nitrogens with zero attached hydrogens (tertiary/aromatic N) is 2. The van der Waals surface area contributed by atoms with E-state index in [1.165, 1.54) is 4.90 Å². The molecule has 0 aromatic heterocycles. The molecule has 0 radical (unpaired) electrons. The zero-order chi connectivity index (χ0) is 16.0. The van der Waals surface area contributed by atoms with E-state index in [-0.39, 0.29) is 30.3 Å². The van der Waals surface area contributed by atoms with E-state index in [2.05, 4.69) is 0 Å². The summed E-state index contributed by atoms with van der Waals surface area (Å²) < 4.78 is 0. The molecule has 1 rings (SSSR count). The molecular formula is C15H26N2O4. The Morgan fingerprint density at radius 3 is 2.52 bits per heavy atom. The van der Waals surface area contributed by atoms with Crippen LogP contribution in [0.1, 0.15) is 46.5 Å². The van der Waals surface area contributed by atoms with Gasteiger partial charge in [-0.1, -0.05) is 6.92 Å². The van der Waals surface area contributed by atoms with Crippen molar-refractivity contribution in [2.45, 2.75) is 52.5 Å². The summed E-state index contributed by atoms with van der Waals surface area (Å²) in [4.78, 5) is 38.5. The Bertz CT molecular complexity index is 395. The van der Waals surface area contributed by atoms with Gasteiger partial charge in [0.15, 0.2) is 0 Å². The third-order valence-electron chi connectivity index (χ3n) is 3.80. The Kier molecular flexibility index (Phi) is 6.65. The van der Waals surface area contributed by atoms with Gasteiger partial charge < -0.3 is 14.9 Å². The first-order chi connectivity index (χ1) is 9.86. The fourth-order valence-corrected chi connectivity index (χ4v) is 2.67. The summed E-state index contributed by atoms with van der Waals surface area (Å²) in [7, 11) is 0. The van der Waals surface area contributed by atoms with Crippen LogP contribution in [0, 0.1) is 5.92 Å². The summed E-state index contributed by atoms with van der Waals surface area (Å²) in [5.74, 6) is -1.35. The second-order valence-corrected chi connectivity index (χ2v) is 5.88. The van der Waals surface area contributed by atoms with Crippen molar-refractivity contribution in [3.63, 3.8) is 0 Å². The molecule has 1 fully saturated rings. The predicted octanol–water partition coefficient (Wildman–Crippen LogP) is 1.35. The molecule has 1 saturated heterocycles. The first kappa shape index (κ1) is 17.5. The smallest absolute Gasteiger partial charge is 0.323 e. The molecule has 21 heavy (non-hydrogen) atoms. The van der Waals surface area contributed by atoms with E-state index >= 15 is 0 Å². The van der Waals surface area contributed by atoms with Gasteiger partial charge >= 0.3 is 5.97 Å². The number of carbonyl (C=O) groups is 3. The summed E-state index contributed by atoms with van der Waals surface area (Å²) in [6.45, 7) is 6.41. The van der Waals surface area contributed by atoms with Crippen molar-refractivity contribution in [2.24, 2.45) is 5.92 Å². The molecule has 0 bridgehead atoms. The number of piperidine rings is 1. The van der Waals surface area contributed by atoms with E-state index < -0.39 is 5.97 Å². The van der Waals surface area contributed by atoms with Crippen LogP contribution in [0.4, 0.5) is 0 Å². The fourth-order valence-electron chi connectivity index (χ4n) is 2.67. The molecule has 1 aliphatic rings. The van der Waals surface area contributed by atoms with Gasteiger partial charge in [0.1, 0.15) is 6.54 Å². The maximum Gasteiger partial charge on any atom is 0.323 e. The molecule has 1 unspecified atom stereocenters. The van der Waals surface area contributed by atoms with Crippen molar-refractivity contribution in [3.05, 3.63) is 0 Å². The summed E-state index contributed by atoms with van der Waals surface area (Å²) in [6.07, 6.45) is 2.82. The lowest BCUT2D eigenvalue weighted by molar-refractivity contribution is -0.149. The minimum atomic E-state index is -1.01. The standard InChI is InChI=1S/C15H26N2O4/c1-4-6-13(18)16-8-5-7-12(9-16)15(21)17(11(2)3)10-14(19)20/h11-12H,4-10H2,1-3H3,(H,19,20). The third kappa shape index (κ3) is 5.02.